The van der Waals surface area contributed by atoms with Gasteiger partial charge in [-0.3, -0.25) is 4.98 Å². The topological polar surface area (TPSA) is 87.6 Å². The van der Waals surface area contributed by atoms with Crippen molar-refractivity contribution in [2.24, 2.45) is 0 Å². The molecule has 1 atom stereocenters. The summed E-state index contributed by atoms with van der Waals surface area (Å²) in [6.07, 6.45) is 1.96. The summed E-state index contributed by atoms with van der Waals surface area (Å²) >= 11 is 6.05. The van der Waals surface area contributed by atoms with Crippen LogP contribution in [0.25, 0.3) is 11.3 Å². The Morgan fingerprint density at radius 1 is 1.33 bits per heavy atom. The van der Waals surface area contributed by atoms with Crippen molar-refractivity contribution < 1.29 is 18.3 Å². The smallest absolute Gasteiger partial charge is 0.337 e. The lowest BCUT2D eigenvalue weighted by Crippen LogP contribution is -2.33. The van der Waals surface area contributed by atoms with Gasteiger partial charge in [-0.15, -0.1) is 0 Å². The third kappa shape index (κ3) is 4.15. The molecule has 1 aliphatic rings. The van der Waals surface area contributed by atoms with Gasteiger partial charge in [0.1, 0.15) is 0 Å². The molecule has 1 N–H and O–H groups in total. The van der Waals surface area contributed by atoms with Crippen LogP contribution in [0.4, 0.5) is 0 Å². The van der Waals surface area contributed by atoms with E-state index in [4.69, 9.17) is 11.6 Å². The molecule has 144 valence electrons. The molecule has 1 saturated heterocycles. The number of pyridine rings is 1. The van der Waals surface area contributed by atoms with E-state index in [0.717, 1.165) is 6.42 Å². The highest BCUT2D eigenvalue weighted by Crippen LogP contribution is 2.35. The Morgan fingerprint density at radius 3 is 2.78 bits per heavy atom. The molecule has 1 aliphatic heterocycles. The number of carboxylic acids is 1. The predicted molar refractivity (Wildman–Crippen MR) is 104 cm³/mol. The van der Waals surface area contributed by atoms with Gasteiger partial charge in [0.2, 0.25) is 10.0 Å². The lowest BCUT2D eigenvalue weighted by Gasteiger charge is -2.24. The third-order valence-corrected chi connectivity index (χ3v) is 6.92. The molecule has 0 unspecified atom stereocenters. The van der Waals surface area contributed by atoms with Crippen molar-refractivity contribution in [1.29, 1.82) is 0 Å². The van der Waals surface area contributed by atoms with Crippen molar-refractivity contribution in [3.8, 4) is 11.3 Å². The second-order valence-corrected chi connectivity index (χ2v) is 9.01. The summed E-state index contributed by atoms with van der Waals surface area (Å²) in [7, 11) is -3.36. The fourth-order valence-corrected chi connectivity index (χ4v) is 5.38. The normalized spacial score (nSPS) is 17.9. The quantitative estimate of drug-likeness (QED) is 0.781. The first kappa shape index (κ1) is 19.8. The maximum absolute atomic E-state index is 12.6. The van der Waals surface area contributed by atoms with Crippen LogP contribution in [0.15, 0.2) is 36.4 Å². The van der Waals surface area contributed by atoms with Gasteiger partial charge < -0.3 is 5.11 Å². The zero-order valence-corrected chi connectivity index (χ0v) is 16.5. The van der Waals surface area contributed by atoms with E-state index in [1.807, 2.05) is 6.92 Å². The zero-order valence-electron chi connectivity index (χ0n) is 14.9. The Balaban J connectivity index is 2.07. The highest BCUT2D eigenvalue weighted by atomic mass is 35.5. The number of halogens is 1. The molecule has 0 aliphatic carbocycles. The minimum atomic E-state index is -3.36. The Bertz CT molecular complexity index is 962. The van der Waals surface area contributed by atoms with E-state index in [2.05, 4.69) is 4.98 Å². The third-order valence-electron chi connectivity index (χ3n) is 4.61. The van der Waals surface area contributed by atoms with Crippen LogP contribution in [0.5, 0.6) is 0 Å². The Hall–Kier alpha value is -1.96. The minimum absolute atomic E-state index is 0.0574. The van der Waals surface area contributed by atoms with Gasteiger partial charge in [0.05, 0.1) is 28.7 Å². The number of hydrogen-bond acceptors (Lipinski definition) is 4. The summed E-state index contributed by atoms with van der Waals surface area (Å²) < 4.78 is 26.7. The molecule has 2 aromatic rings. The number of sulfonamides is 1. The van der Waals surface area contributed by atoms with Crippen LogP contribution in [-0.2, 0) is 10.0 Å². The highest BCUT2D eigenvalue weighted by Gasteiger charge is 2.35. The number of nitrogens with zero attached hydrogens (tertiary/aromatic N) is 2. The Kier molecular flexibility index (Phi) is 5.83. The summed E-state index contributed by atoms with van der Waals surface area (Å²) in [4.78, 5) is 16.2. The number of aromatic nitrogens is 1. The summed E-state index contributed by atoms with van der Waals surface area (Å²) in [5.41, 5.74) is 1.50. The maximum Gasteiger partial charge on any atom is 0.337 e. The van der Waals surface area contributed by atoms with Gasteiger partial charge in [0.25, 0.3) is 0 Å². The molecule has 2 heterocycles. The van der Waals surface area contributed by atoms with E-state index >= 15 is 0 Å². The number of carbonyl (C=O) groups is 1. The average Bonchev–Trinajstić information content (AvgIpc) is 3.12. The lowest BCUT2D eigenvalue weighted by molar-refractivity contribution is 0.0697. The van der Waals surface area contributed by atoms with Gasteiger partial charge in [-0.25, -0.2) is 13.2 Å². The number of aromatic carboxylic acids is 1. The first-order valence-electron chi connectivity index (χ1n) is 8.83. The van der Waals surface area contributed by atoms with E-state index in [1.54, 1.807) is 30.3 Å². The lowest BCUT2D eigenvalue weighted by atomic mass is 10.0. The minimum Gasteiger partial charge on any atom is -0.478 e. The van der Waals surface area contributed by atoms with E-state index in [1.165, 1.54) is 10.4 Å². The van der Waals surface area contributed by atoms with Gasteiger partial charge >= 0.3 is 5.97 Å². The molecular formula is C19H21ClN2O4S. The monoisotopic (exact) mass is 408 g/mol. The van der Waals surface area contributed by atoms with Crippen LogP contribution in [0.1, 0.15) is 48.3 Å². The first-order chi connectivity index (χ1) is 12.8. The van der Waals surface area contributed by atoms with Gasteiger partial charge in [-0.2, -0.15) is 4.31 Å². The standard InChI is InChI=1S/C19H21ClN2O4S/c1-2-11-27(25,26)22-10-4-7-17(22)16-9-8-15(19(23)24)18(21-16)13-5-3-6-14(20)12-13/h3,5-6,8-9,12,17H,2,4,7,10-11H2,1H3,(H,23,24)/t17-/m0/s1. The fraction of sp³-hybridized carbons (Fsp3) is 0.368. The van der Waals surface area contributed by atoms with E-state index in [0.29, 0.717) is 41.4 Å². The molecule has 3 rings (SSSR count). The largest absolute Gasteiger partial charge is 0.478 e. The molecule has 0 saturated carbocycles. The molecule has 1 aromatic carbocycles. The summed E-state index contributed by atoms with van der Waals surface area (Å²) in [6.45, 7) is 2.29. The summed E-state index contributed by atoms with van der Waals surface area (Å²) in [6, 6.07) is 9.55. The molecule has 0 spiro atoms. The van der Waals surface area contributed by atoms with Crippen molar-refractivity contribution >= 4 is 27.6 Å². The molecule has 0 amide bonds. The van der Waals surface area contributed by atoms with Crippen molar-refractivity contribution in [1.82, 2.24) is 9.29 Å². The molecule has 8 heteroatoms. The number of hydrogen-bond donors (Lipinski definition) is 1. The number of rotatable bonds is 6. The average molecular weight is 409 g/mol. The van der Waals surface area contributed by atoms with Crippen molar-refractivity contribution in [2.75, 3.05) is 12.3 Å². The number of benzene rings is 1. The van der Waals surface area contributed by atoms with Crippen LogP contribution in [-0.4, -0.2) is 41.1 Å². The zero-order chi connectivity index (χ0) is 19.6. The molecule has 0 bridgehead atoms. The van der Waals surface area contributed by atoms with E-state index < -0.39 is 16.0 Å². The van der Waals surface area contributed by atoms with Crippen molar-refractivity contribution in [3.05, 3.63) is 52.7 Å². The molecule has 27 heavy (non-hydrogen) atoms. The van der Waals surface area contributed by atoms with E-state index in [-0.39, 0.29) is 17.4 Å². The van der Waals surface area contributed by atoms with Crippen molar-refractivity contribution in [2.45, 2.75) is 32.2 Å². The second kappa shape index (κ2) is 7.96. The fourth-order valence-electron chi connectivity index (χ4n) is 3.43. The molecule has 1 aromatic heterocycles. The Morgan fingerprint density at radius 2 is 2.11 bits per heavy atom. The van der Waals surface area contributed by atoms with Gasteiger partial charge in [-0.1, -0.05) is 30.7 Å². The molecule has 1 fully saturated rings. The summed E-state index contributed by atoms with van der Waals surface area (Å²) in [5.74, 6) is -0.997. The molecular weight excluding hydrogens is 388 g/mol. The maximum atomic E-state index is 12.6. The molecule has 6 nitrogen and oxygen atoms in total. The second-order valence-electron chi connectivity index (χ2n) is 6.53. The van der Waals surface area contributed by atoms with Crippen LogP contribution < -0.4 is 0 Å². The van der Waals surface area contributed by atoms with Gasteiger partial charge in [0.15, 0.2) is 0 Å². The predicted octanol–water partition coefficient (Wildman–Crippen LogP) is 3.98. The van der Waals surface area contributed by atoms with Crippen molar-refractivity contribution in [3.63, 3.8) is 0 Å². The molecule has 0 radical (unpaired) electrons. The SMILES string of the molecule is CCCS(=O)(=O)N1CCC[C@H]1c1ccc(C(=O)O)c(-c2cccc(Cl)c2)n1. The van der Waals surface area contributed by atoms with E-state index in [9.17, 15) is 18.3 Å². The van der Waals surface area contributed by atoms with Gasteiger partial charge in [-0.05, 0) is 43.5 Å². The van der Waals surface area contributed by atoms with Crippen LogP contribution >= 0.6 is 11.6 Å². The van der Waals surface area contributed by atoms with Crippen LogP contribution in [0.3, 0.4) is 0 Å². The highest BCUT2D eigenvalue weighted by molar-refractivity contribution is 7.89. The first-order valence-corrected chi connectivity index (χ1v) is 10.8. The van der Waals surface area contributed by atoms with Crippen LogP contribution in [0, 0.1) is 0 Å². The Labute approximate surface area is 163 Å². The van der Waals surface area contributed by atoms with Gasteiger partial charge in [0, 0.05) is 17.1 Å². The number of carboxylic acid groups (broad SMARTS) is 1. The summed E-state index contributed by atoms with van der Waals surface area (Å²) in [5, 5.41) is 10.0. The van der Waals surface area contributed by atoms with Crippen LogP contribution in [0.2, 0.25) is 5.02 Å².